The summed E-state index contributed by atoms with van der Waals surface area (Å²) in [7, 11) is 0. The Balaban J connectivity index is 2.64. The molecule has 70 valence electrons. The number of carboxylic acids is 1. The van der Waals surface area contributed by atoms with E-state index in [0.29, 0.717) is 10.6 Å². The van der Waals surface area contributed by atoms with Gasteiger partial charge in [-0.05, 0) is 17.7 Å². The Bertz CT molecular complexity index is 297. The van der Waals surface area contributed by atoms with Crippen molar-refractivity contribution in [2.24, 2.45) is 0 Å². The molecule has 0 amide bonds. The molecule has 0 fully saturated rings. The Morgan fingerprint density at radius 1 is 1.46 bits per heavy atom. The van der Waals surface area contributed by atoms with Crippen molar-refractivity contribution >= 4 is 17.6 Å². The van der Waals surface area contributed by atoms with Crippen LogP contribution in [0.2, 0.25) is 5.02 Å². The molecule has 13 heavy (non-hydrogen) atoms. The summed E-state index contributed by atoms with van der Waals surface area (Å²) in [6, 6.07) is 6.42. The van der Waals surface area contributed by atoms with Gasteiger partial charge in [0.25, 0.3) is 0 Å². The summed E-state index contributed by atoms with van der Waals surface area (Å²) in [6.07, 6.45) is -1.96. The molecule has 0 spiro atoms. The van der Waals surface area contributed by atoms with E-state index in [1.54, 1.807) is 24.3 Å². The van der Waals surface area contributed by atoms with Crippen LogP contribution in [-0.4, -0.2) is 17.2 Å². The lowest BCUT2D eigenvalue weighted by Gasteiger charge is -2.02. The van der Waals surface area contributed by atoms with Crippen LogP contribution in [0.25, 0.3) is 0 Å². The largest absolute Gasteiger partial charge is 0.479 e. The molecule has 1 aromatic carbocycles. The minimum absolute atomic E-state index is 0.119. The van der Waals surface area contributed by atoms with Gasteiger partial charge in [0.2, 0.25) is 6.17 Å². The number of carboxylic acid groups (broad SMARTS) is 1. The average Bonchev–Trinajstić information content (AvgIpc) is 2.08. The van der Waals surface area contributed by atoms with Crippen LogP contribution in [0.5, 0.6) is 0 Å². The lowest BCUT2D eigenvalue weighted by molar-refractivity contribution is -0.142. The van der Waals surface area contributed by atoms with Crippen LogP contribution in [0.15, 0.2) is 24.3 Å². The van der Waals surface area contributed by atoms with Crippen LogP contribution < -0.4 is 0 Å². The number of hydrogen-bond acceptors (Lipinski definition) is 1. The van der Waals surface area contributed by atoms with E-state index in [9.17, 15) is 9.18 Å². The van der Waals surface area contributed by atoms with E-state index < -0.39 is 12.1 Å². The predicted octanol–water partition coefficient (Wildman–Crippen LogP) is 2.31. The lowest BCUT2D eigenvalue weighted by atomic mass is 10.1. The molecule has 0 aromatic heterocycles. The zero-order valence-corrected chi connectivity index (χ0v) is 7.46. The smallest absolute Gasteiger partial charge is 0.338 e. The van der Waals surface area contributed by atoms with Crippen LogP contribution in [0.4, 0.5) is 4.39 Å². The van der Waals surface area contributed by atoms with Crippen molar-refractivity contribution in [3.63, 3.8) is 0 Å². The minimum atomic E-state index is -1.85. The molecule has 1 aromatic rings. The van der Waals surface area contributed by atoms with Gasteiger partial charge < -0.3 is 5.11 Å². The number of carbonyl (C=O) groups is 1. The summed E-state index contributed by atoms with van der Waals surface area (Å²) in [5.74, 6) is -1.44. The predicted molar refractivity (Wildman–Crippen MR) is 47.7 cm³/mol. The monoisotopic (exact) mass is 202 g/mol. The fourth-order valence-electron chi connectivity index (χ4n) is 0.915. The maximum Gasteiger partial charge on any atom is 0.338 e. The highest BCUT2D eigenvalue weighted by Gasteiger charge is 2.15. The third-order valence-corrected chi connectivity index (χ3v) is 1.85. The molecule has 0 aliphatic carbocycles. The first-order valence-electron chi connectivity index (χ1n) is 3.71. The van der Waals surface area contributed by atoms with Gasteiger partial charge in [0.15, 0.2) is 0 Å². The molecule has 0 heterocycles. The van der Waals surface area contributed by atoms with E-state index >= 15 is 0 Å². The summed E-state index contributed by atoms with van der Waals surface area (Å²) >= 11 is 5.60. The van der Waals surface area contributed by atoms with Crippen LogP contribution in [0, 0.1) is 0 Å². The number of aliphatic carboxylic acids is 1. The van der Waals surface area contributed by atoms with E-state index in [4.69, 9.17) is 16.7 Å². The quantitative estimate of drug-likeness (QED) is 0.817. The second kappa shape index (κ2) is 4.23. The molecular weight excluding hydrogens is 195 g/mol. The molecule has 0 radical (unpaired) electrons. The van der Waals surface area contributed by atoms with Crippen LogP contribution >= 0.6 is 11.6 Å². The first-order valence-corrected chi connectivity index (χ1v) is 4.08. The molecule has 1 atom stereocenters. The Kier molecular flexibility index (Phi) is 3.25. The summed E-state index contributed by atoms with van der Waals surface area (Å²) in [5.41, 5.74) is 0.624. The Morgan fingerprint density at radius 3 is 2.46 bits per heavy atom. The Hall–Kier alpha value is -1.09. The van der Waals surface area contributed by atoms with E-state index in [1.807, 2.05) is 0 Å². The lowest BCUT2D eigenvalue weighted by Crippen LogP contribution is -2.16. The van der Waals surface area contributed by atoms with E-state index in [1.165, 1.54) is 0 Å². The summed E-state index contributed by atoms with van der Waals surface area (Å²) < 4.78 is 12.7. The average molecular weight is 203 g/mol. The molecule has 0 aliphatic heterocycles. The standard InChI is InChI=1S/C9H8ClFO2/c10-7-3-1-6(2-4-7)5-8(11)9(12)13/h1-4,8H,5H2,(H,12,13)/t8-/m1/s1. The number of alkyl halides is 1. The van der Waals surface area contributed by atoms with Crippen LogP contribution in [-0.2, 0) is 11.2 Å². The molecule has 0 aliphatic rings. The van der Waals surface area contributed by atoms with E-state index in [2.05, 4.69) is 0 Å². The first kappa shape index (κ1) is 9.99. The van der Waals surface area contributed by atoms with Gasteiger partial charge in [-0.2, -0.15) is 0 Å². The molecule has 2 nitrogen and oxygen atoms in total. The maximum absolute atomic E-state index is 12.7. The number of rotatable bonds is 3. The van der Waals surface area contributed by atoms with Crippen molar-refractivity contribution in [1.29, 1.82) is 0 Å². The van der Waals surface area contributed by atoms with Gasteiger partial charge in [0.1, 0.15) is 0 Å². The number of hydrogen-bond donors (Lipinski definition) is 1. The normalized spacial score (nSPS) is 12.5. The SMILES string of the molecule is O=C(O)[C@H](F)Cc1ccc(Cl)cc1. The van der Waals surface area contributed by atoms with Gasteiger partial charge in [-0.15, -0.1) is 0 Å². The fourth-order valence-corrected chi connectivity index (χ4v) is 1.04. The highest BCUT2D eigenvalue weighted by molar-refractivity contribution is 6.30. The Morgan fingerprint density at radius 2 is 2.00 bits per heavy atom. The molecule has 1 N–H and O–H groups in total. The third kappa shape index (κ3) is 3.03. The molecular formula is C9H8ClFO2. The summed E-state index contributed by atoms with van der Waals surface area (Å²) in [6.45, 7) is 0. The molecule has 4 heteroatoms. The molecule has 0 saturated heterocycles. The maximum atomic E-state index is 12.7. The van der Waals surface area contributed by atoms with Crippen molar-refractivity contribution in [3.8, 4) is 0 Å². The van der Waals surface area contributed by atoms with Gasteiger partial charge in [-0.25, -0.2) is 9.18 Å². The van der Waals surface area contributed by atoms with Crippen LogP contribution in [0.1, 0.15) is 5.56 Å². The first-order chi connectivity index (χ1) is 6.09. The molecule has 0 bridgehead atoms. The van der Waals surface area contributed by atoms with Crippen molar-refractivity contribution in [1.82, 2.24) is 0 Å². The van der Waals surface area contributed by atoms with Crippen LogP contribution in [0.3, 0.4) is 0 Å². The highest BCUT2D eigenvalue weighted by atomic mass is 35.5. The summed E-state index contributed by atoms with van der Waals surface area (Å²) in [4.78, 5) is 10.2. The Labute approximate surface area is 80.0 Å². The topological polar surface area (TPSA) is 37.3 Å². The molecule has 0 unspecified atom stereocenters. The molecule has 1 rings (SSSR count). The van der Waals surface area contributed by atoms with Crippen molar-refractivity contribution < 1.29 is 14.3 Å². The molecule has 0 saturated carbocycles. The van der Waals surface area contributed by atoms with Gasteiger partial charge in [-0.1, -0.05) is 23.7 Å². The van der Waals surface area contributed by atoms with Crippen molar-refractivity contribution in [2.45, 2.75) is 12.6 Å². The highest BCUT2D eigenvalue weighted by Crippen LogP contribution is 2.12. The van der Waals surface area contributed by atoms with E-state index in [-0.39, 0.29) is 6.42 Å². The number of halogens is 2. The fraction of sp³-hybridized carbons (Fsp3) is 0.222. The second-order valence-corrected chi connectivity index (χ2v) is 3.07. The van der Waals surface area contributed by atoms with Gasteiger partial charge in [-0.3, -0.25) is 0 Å². The van der Waals surface area contributed by atoms with Gasteiger partial charge in [0, 0.05) is 11.4 Å². The third-order valence-electron chi connectivity index (χ3n) is 1.60. The van der Waals surface area contributed by atoms with Gasteiger partial charge in [0.05, 0.1) is 0 Å². The number of benzene rings is 1. The van der Waals surface area contributed by atoms with Crippen molar-refractivity contribution in [2.75, 3.05) is 0 Å². The summed E-state index contributed by atoms with van der Waals surface area (Å²) in [5, 5.41) is 8.85. The van der Waals surface area contributed by atoms with Gasteiger partial charge >= 0.3 is 5.97 Å². The minimum Gasteiger partial charge on any atom is -0.479 e. The van der Waals surface area contributed by atoms with E-state index in [0.717, 1.165) is 0 Å². The second-order valence-electron chi connectivity index (χ2n) is 2.64. The zero-order valence-electron chi connectivity index (χ0n) is 6.71. The zero-order chi connectivity index (χ0) is 9.84. The van der Waals surface area contributed by atoms with Crippen molar-refractivity contribution in [3.05, 3.63) is 34.9 Å².